The van der Waals surface area contributed by atoms with Gasteiger partial charge in [-0.1, -0.05) is 18.9 Å². The second-order valence-electron chi connectivity index (χ2n) is 7.11. The molecular formula is C22H24FN3O4S. The molecule has 0 bridgehead atoms. The fraction of sp³-hybridized carbons (Fsp3) is 0.318. The van der Waals surface area contributed by atoms with E-state index >= 15 is 0 Å². The summed E-state index contributed by atoms with van der Waals surface area (Å²) in [5.41, 5.74) is 0.522. The van der Waals surface area contributed by atoms with Crippen molar-refractivity contribution in [2.45, 2.75) is 50.0 Å². The predicted molar refractivity (Wildman–Crippen MR) is 114 cm³/mol. The fourth-order valence-electron chi connectivity index (χ4n) is 2.90. The van der Waals surface area contributed by atoms with Gasteiger partial charge in [0.2, 0.25) is 15.9 Å². The highest BCUT2D eigenvalue weighted by molar-refractivity contribution is 7.89. The smallest absolute Gasteiger partial charge is 0.242 e. The van der Waals surface area contributed by atoms with E-state index in [9.17, 15) is 22.4 Å². The number of amides is 1. The SMILES string of the molecule is CC(=O)CCCCC[C@H](NS(=O)(=O)c1ccc(C#N)cc1)C(=O)Nc1cccc(F)c1. The van der Waals surface area contributed by atoms with E-state index < -0.39 is 27.8 Å². The van der Waals surface area contributed by atoms with Gasteiger partial charge in [0.1, 0.15) is 17.6 Å². The van der Waals surface area contributed by atoms with Crippen LogP contribution in [0.3, 0.4) is 0 Å². The first-order valence-corrected chi connectivity index (χ1v) is 11.3. The second kappa shape index (κ2) is 11.3. The van der Waals surface area contributed by atoms with Crippen molar-refractivity contribution in [2.24, 2.45) is 0 Å². The quantitative estimate of drug-likeness (QED) is 0.513. The molecule has 0 aliphatic rings. The molecule has 2 aromatic carbocycles. The van der Waals surface area contributed by atoms with E-state index in [2.05, 4.69) is 10.0 Å². The van der Waals surface area contributed by atoms with Crippen molar-refractivity contribution in [3.05, 3.63) is 59.9 Å². The summed E-state index contributed by atoms with van der Waals surface area (Å²) < 4.78 is 41.3. The summed E-state index contributed by atoms with van der Waals surface area (Å²) >= 11 is 0. The maximum absolute atomic E-state index is 13.4. The van der Waals surface area contributed by atoms with Crippen LogP contribution in [0.1, 0.15) is 44.6 Å². The Morgan fingerprint density at radius 1 is 1.10 bits per heavy atom. The molecule has 1 amide bonds. The molecule has 0 aliphatic heterocycles. The molecule has 7 nitrogen and oxygen atoms in total. The van der Waals surface area contributed by atoms with Crippen LogP contribution in [-0.2, 0) is 19.6 Å². The first kappa shape index (κ1) is 24.2. The van der Waals surface area contributed by atoms with Crippen LogP contribution in [0.25, 0.3) is 0 Å². The van der Waals surface area contributed by atoms with Crippen molar-refractivity contribution >= 4 is 27.4 Å². The monoisotopic (exact) mass is 445 g/mol. The zero-order valence-electron chi connectivity index (χ0n) is 17.1. The van der Waals surface area contributed by atoms with Crippen LogP contribution in [0.4, 0.5) is 10.1 Å². The van der Waals surface area contributed by atoms with Gasteiger partial charge in [-0.15, -0.1) is 0 Å². The number of carbonyl (C=O) groups is 2. The number of rotatable bonds is 11. The molecule has 0 saturated heterocycles. The van der Waals surface area contributed by atoms with Gasteiger partial charge in [-0.25, -0.2) is 12.8 Å². The van der Waals surface area contributed by atoms with Crippen molar-refractivity contribution in [3.63, 3.8) is 0 Å². The first-order valence-electron chi connectivity index (χ1n) is 9.79. The molecular weight excluding hydrogens is 421 g/mol. The highest BCUT2D eigenvalue weighted by atomic mass is 32.2. The minimum Gasteiger partial charge on any atom is -0.325 e. The lowest BCUT2D eigenvalue weighted by Crippen LogP contribution is -2.43. The Bertz CT molecular complexity index is 1060. The second-order valence-corrected chi connectivity index (χ2v) is 8.82. The van der Waals surface area contributed by atoms with Crippen LogP contribution >= 0.6 is 0 Å². The van der Waals surface area contributed by atoms with Crippen LogP contribution in [0.15, 0.2) is 53.4 Å². The molecule has 0 radical (unpaired) electrons. The maximum atomic E-state index is 13.4. The van der Waals surface area contributed by atoms with Gasteiger partial charge in [0.25, 0.3) is 0 Å². The van der Waals surface area contributed by atoms with Gasteiger partial charge in [-0.3, -0.25) is 4.79 Å². The average molecular weight is 446 g/mol. The Balaban J connectivity index is 2.13. The number of hydrogen-bond donors (Lipinski definition) is 2. The lowest BCUT2D eigenvalue weighted by molar-refractivity contribution is -0.118. The average Bonchev–Trinajstić information content (AvgIpc) is 2.72. The zero-order chi connectivity index (χ0) is 22.9. The number of unbranched alkanes of at least 4 members (excludes halogenated alkanes) is 2. The third kappa shape index (κ3) is 7.92. The van der Waals surface area contributed by atoms with E-state index in [0.29, 0.717) is 31.2 Å². The van der Waals surface area contributed by atoms with E-state index in [4.69, 9.17) is 5.26 Å². The Morgan fingerprint density at radius 2 is 1.81 bits per heavy atom. The molecule has 1 atom stereocenters. The van der Waals surface area contributed by atoms with Crippen molar-refractivity contribution in [3.8, 4) is 6.07 Å². The molecule has 9 heteroatoms. The number of Topliss-reactive ketones (excluding diaryl/α,β-unsaturated/α-hetero) is 1. The Kier molecular flexibility index (Phi) is 8.85. The summed E-state index contributed by atoms with van der Waals surface area (Å²) in [5, 5.41) is 11.4. The van der Waals surface area contributed by atoms with E-state index in [1.165, 1.54) is 49.4 Å². The van der Waals surface area contributed by atoms with E-state index in [1.807, 2.05) is 6.07 Å². The number of anilines is 1. The lowest BCUT2D eigenvalue weighted by Gasteiger charge is -2.19. The van der Waals surface area contributed by atoms with Gasteiger partial charge >= 0.3 is 0 Å². The van der Waals surface area contributed by atoms with Gasteiger partial charge in [0, 0.05) is 12.1 Å². The van der Waals surface area contributed by atoms with Gasteiger partial charge in [0.15, 0.2) is 0 Å². The predicted octanol–water partition coefficient (Wildman–Crippen LogP) is 3.52. The zero-order valence-corrected chi connectivity index (χ0v) is 17.9. The largest absolute Gasteiger partial charge is 0.325 e. The number of hydrogen-bond acceptors (Lipinski definition) is 5. The summed E-state index contributed by atoms with van der Waals surface area (Å²) in [6, 6.07) is 11.4. The normalized spacial score (nSPS) is 12.0. The number of halogens is 1. The van der Waals surface area contributed by atoms with Crippen LogP contribution in [0.5, 0.6) is 0 Å². The molecule has 2 N–H and O–H groups in total. The molecule has 0 fully saturated rings. The minimum atomic E-state index is -4.03. The molecule has 0 heterocycles. The molecule has 0 aromatic heterocycles. The number of nitrogens with one attached hydrogen (secondary N) is 2. The Hall–Kier alpha value is -3.09. The number of nitriles is 1. The topological polar surface area (TPSA) is 116 Å². The summed E-state index contributed by atoms with van der Waals surface area (Å²) in [6.07, 6.45) is 2.45. The van der Waals surface area contributed by atoms with Crippen LogP contribution in [0.2, 0.25) is 0 Å². The third-order valence-electron chi connectivity index (χ3n) is 4.52. The Morgan fingerprint density at radius 3 is 2.42 bits per heavy atom. The molecule has 2 aromatic rings. The third-order valence-corrected chi connectivity index (χ3v) is 6.01. The molecule has 0 aliphatic carbocycles. The van der Waals surface area contributed by atoms with E-state index in [0.717, 1.165) is 6.07 Å². The van der Waals surface area contributed by atoms with Crippen LogP contribution < -0.4 is 10.0 Å². The molecule has 0 unspecified atom stereocenters. The van der Waals surface area contributed by atoms with Gasteiger partial charge in [-0.2, -0.15) is 9.98 Å². The van der Waals surface area contributed by atoms with E-state index in [1.54, 1.807) is 0 Å². The van der Waals surface area contributed by atoms with Gasteiger partial charge in [-0.05, 0) is 62.2 Å². The molecule has 0 spiro atoms. The van der Waals surface area contributed by atoms with Crippen molar-refractivity contribution in [1.29, 1.82) is 5.26 Å². The molecule has 164 valence electrons. The van der Waals surface area contributed by atoms with Crippen LogP contribution in [0, 0.1) is 17.1 Å². The summed E-state index contributed by atoms with van der Waals surface area (Å²) in [5.74, 6) is -1.08. The van der Waals surface area contributed by atoms with Crippen molar-refractivity contribution in [2.75, 3.05) is 5.32 Å². The Labute approximate surface area is 181 Å². The fourth-order valence-corrected chi connectivity index (χ4v) is 4.13. The van der Waals surface area contributed by atoms with Gasteiger partial charge in [0.05, 0.1) is 16.5 Å². The summed E-state index contributed by atoms with van der Waals surface area (Å²) in [7, 11) is -4.03. The highest BCUT2D eigenvalue weighted by Crippen LogP contribution is 2.16. The summed E-state index contributed by atoms with van der Waals surface area (Å²) in [4.78, 5) is 23.7. The minimum absolute atomic E-state index is 0.0712. The number of ketones is 1. The molecule has 2 rings (SSSR count). The van der Waals surface area contributed by atoms with Crippen LogP contribution in [-0.4, -0.2) is 26.2 Å². The number of benzene rings is 2. The number of carbonyl (C=O) groups excluding carboxylic acids is 2. The standard InChI is InChI=1S/C22H24FN3O4S/c1-16(27)6-3-2-4-9-21(22(28)25-19-8-5-7-18(23)14-19)26-31(29,30)20-12-10-17(15-24)11-13-20/h5,7-8,10-14,21,26H,2-4,6,9H2,1H3,(H,25,28)/t21-/m0/s1. The first-order chi connectivity index (χ1) is 14.7. The highest BCUT2D eigenvalue weighted by Gasteiger charge is 2.25. The molecule has 0 saturated carbocycles. The van der Waals surface area contributed by atoms with Crippen molar-refractivity contribution in [1.82, 2.24) is 4.72 Å². The lowest BCUT2D eigenvalue weighted by atomic mass is 10.1. The number of nitrogens with zero attached hydrogens (tertiary/aromatic N) is 1. The maximum Gasteiger partial charge on any atom is 0.242 e. The molecule has 31 heavy (non-hydrogen) atoms. The van der Waals surface area contributed by atoms with E-state index in [-0.39, 0.29) is 22.8 Å². The summed E-state index contributed by atoms with van der Waals surface area (Å²) in [6.45, 7) is 1.50. The van der Waals surface area contributed by atoms with Gasteiger partial charge < -0.3 is 10.1 Å². The number of sulfonamides is 1. The van der Waals surface area contributed by atoms with Crippen molar-refractivity contribution < 1.29 is 22.4 Å².